The molecule has 1 saturated heterocycles. The Balaban J connectivity index is 1.30. The molecule has 3 heterocycles. The van der Waals surface area contributed by atoms with Gasteiger partial charge in [-0.05, 0) is 42.3 Å². The van der Waals surface area contributed by atoms with E-state index in [1.807, 2.05) is 30.3 Å². The second kappa shape index (κ2) is 9.52. The summed E-state index contributed by atoms with van der Waals surface area (Å²) in [6.45, 7) is 1.70. The molecule has 4 aromatic rings. The first-order chi connectivity index (χ1) is 16.6. The van der Waals surface area contributed by atoms with Crippen molar-refractivity contribution in [3.63, 3.8) is 0 Å². The number of hydrogen-bond acceptors (Lipinski definition) is 5. The third kappa shape index (κ3) is 4.58. The molecule has 8 heteroatoms. The summed E-state index contributed by atoms with van der Waals surface area (Å²) in [7, 11) is 0. The van der Waals surface area contributed by atoms with Crippen LogP contribution in [0.5, 0.6) is 0 Å². The van der Waals surface area contributed by atoms with Crippen molar-refractivity contribution >= 4 is 16.7 Å². The predicted molar refractivity (Wildman–Crippen MR) is 127 cm³/mol. The van der Waals surface area contributed by atoms with Crippen molar-refractivity contribution in [3.8, 4) is 0 Å². The van der Waals surface area contributed by atoms with Gasteiger partial charge in [0.05, 0.1) is 22.3 Å². The summed E-state index contributed by atoms with van der Waals surface area (Å²) in [5, 5.41) is 11.4. The van der Waals surface area contributed by atoms with Gasteiger partial charge in [-0.1, -0.05) is 30.3 Å². The number of amides is 1. The number of likely N-dealkylation sites (tertiary alicyclic amines) is 1. The quantitative estimate of drug-likeness (QED) is 0.465. The Morgan fingerprint density at radius 2 is 1.94 bits per heavy atom. The zero-order valence-electron chi connectivity index (χ0n) is 18.5. The minimum Gasteiger partial charge on any atom is -0.337 e. The standard InChI is InChI=1S/C26H24FN5O2/c27-23-9-8-17(14-24-20-6-1-2-7-21(20)25(33)31-30-24)13-22(23)26(34)32-12-10-19(16-32)29-15-18-5-3-4-11-28-18/h1-9,11,13,19,29H,10,12,14-16H2,(H,31,33). The van der Waals surface area contributed by atoms with Crippen LogP contribution in [0.25, 0.3) is 10.8 Å². The van der Waals surface area contributed by atoms with Gasteiger partial charge in [0.25, 0.3) is 11.5 Å². The van der Waals surface area contributed by atoms with Crippen LogP contribution >= 0.6 is 0 Å². The minimum atomic E-state index is -0.544. The van der Waals surface area contributed by atoms with Crippen LogP contribution in [0.2, 0.25) is 0 Å². The summed E-state index contributed by atoms with van der Waals surface area (Å²) in [6.07, 6.45) is 2.92. The summed E-state index contributed by atoms with van der Waals surface area (Å²) in [5.41, 5.74) is 2.15. The molecular weight excluding hydrogens is 433 g/mol. The Morgan fingerprint density at radius 1 is 1.12 bits per heavy atom. The maximum Gasteiger partial charge on any atom is 0.272 e. The maximum atomic E-state index is 14.7. The van der Waals surface area contributed by atoms with Gasteiger partial charge in [0, 0.05) is 43.7 Å². The van der Waals surface area contributed by atoms with Gasteiger partial charge < -0.3 is 10.2 Å². The van der Waals surface area contributed by atoms with Crippen LogP contribution in [0.4, 0.5) is 4.39 Å². The van der Waals surface area contributed by atoms with Crippen molar-refractivity contribution in [1.82, 2.24) is 25.4 Å². The third-order valence-electron chi connectivity index (χ3n) is 6.18. The van der Waals surface area contributed by atoms with E-state index >= 15 is 0 Å². The molecule has 1 aliphatic heterocycles. The van der Waals surface area contributed by atoms with Crippen LogP contribution in [-0.2, 0) is 13.0 Å². The molecule has 2 aromatic heterocycles. The first-order valence-corrected chi connectivity index (χ1v) is 11.3. The molecule has 34 heavy (non-hydrogen) atoms. The Hall–Kier alpha value is -3.91. The Morgan fingerprint density at radius 3 is 2.76 bits per heavy atom. The number of carbonyl (C=O) groups excluding carboxylic acids is 1. The number of aromatic amines is 1. The topological polar surface area (TPSA) is 91.0 Å². The van der Waals surface area contributed by atoms with E-state index in [0.29, 0.717) is 37.1 Å². The molecule has 0 aliphatic carbocycles. The van der Waals surface area contributed by atoms with Crippen LogP contribution in [0.3, 0.4) is 0 Å². The SMILES string of the molecule is O=C(c1cc(Cc2n[nH]c(=O)c3ccccc23)ccc1F)N1CCC(NCc2ccccn2)C1. The number of nitrogens with one attached hydrogen (secondary N) is 2. The average Bonchev–Trinajstić information content (AvgIpc) is 3.35. The summed E-state index contributed by atoms with van der Waals surface area (Å²) in [5.74, 6) is -0.862. The smallest absolute Gasteiger partial charge is 0.272 e. The van der Waals surface area contributed by atoms with Crippen molar-refractivity contribution in [2.45, 2.75) is 25.4 Å². The van der Waals surface area contributed by atoms with Crippen LogP contribution in [0.15, 0.2) is 71.7 Å². The lowest BCUT2D eigenvalue weighted by atomic mass is 10.0. The number of aromatic nitrogens is 3. The molecule has 1 fully saturated rings. The molecule has 1 aliphatic rings. The van der Waals surface area contributed by atoms with Gasteiger partial charge >= 0.3 is 0 Å². The fourth-order valence-electron chi connectivity index (χ4n) is 4.38. The fraction of sp³-hybridized carbons (Fsp3) is 0.231. The molecule has 1 atom stereocenters. The van der Waals surface area contributed by atoms with Gasteiger partial charge in [0.1, 0.15) is 5.82 Å². The zero-order valence-corrected chi connectivity index (χ0v) is 18.5. The van der Waals surface area contributed by atoms with Crippen LogP contribution in [0.1, 0.15) is 33.7 Å². The third-order valence-corrected chi connectivity index (χ3v) is 6.18. The van der Waals surface area contributed by atoms with Crippen molar-refractivity contribution in [3.05, 3.63) is 106 Å². The van der Waals surface area contributed by atoms with E-state index in [9.17, 15) is 14.0 Å². The van der Waals surface area contributed by atoms with Gasteiger partial charge in [-0.15, -0.1) is 0 Å². The number of H-pyrrole nitrogens is 1. The largest absolute Gasteiger partial charge is 0.337 e. The number of halogens is 1. The van der Waals surface area contributed by atoms with Gasteiger partial charge in [0.2, 0.25) is 0 Å². The molecule has 0 saturated carbocycles. The summed E-state index contributed by atoms with van der Waals surface area (Å²) >= 11 is 0. The van der Waals surface area contributed by atoms with E-state index in [1.165, 1.54) is 6.07 Å². The average molecular weight is 458 g/mol. The van der Waals surface area contributed by atoms with Crippen molar-refractivity contribution in [2.24, 2.45) is 0 Å². The van der Waals surface area contributed by atoms with E-state index in [-0.39, 0.29) is 23.1 Å². The van der Waals surface area contributed by atoms with Gasteiger partial charge in [-0.2, -0.15) is 5.10 Å². The molecule has 1 amide bonds. The van der Waals surface area contributed by atoms with Gasteiger partial charge in [0.15, 0.2) is 0 Å². The van der Waals surface area contributed by atoms with E-state index in [1.54, 1.807) is 35.4 Å². The Labute approximate surface area is 195 Å². The maximum absolute atomic E-state index is 14.7. The number of pyridine rings is 1. The zero-order chi connectivity index (χ0) is 23.5. The summed E-state index contributed by atoms with van der Waals surface area (Å²) in [6, 6.07) is 17.7. The number of benzene rings is 2. The lowest BCUT2D eigenvalue weighted by Crippen LogP contribution is -2.35. The number of rotatable bonds is 6. The second-order valence-electron chi connectivity index (χ2n) is 8.47. The summed E-state index contributed by atoms with van der Waals surface area (Å²) in [4.78, 5) is 31.2. The normalized spacial score (nSPS) is 15.7. The molecule has 2 aromatic carbocycles. The summed E-state index contributed by atoms with van der Waals surface area (Å²) < 4.78 is 14.7. The highest BCUT2D eigenvalue weighted by Gasteiger charge is 2.28. The van der Waals surface area contributed by atoms with Crippen LogP contribution in [0, 0.1) is 5.82 Å². The van der Waals surface area contributed by atoms with Crippen molar-refractivity contribution in [2.75, 3.05) is 13.1 Å². The van der Waals surface area contributed by atoms with Gasteiger partial charge in [-0.25, -0.2) is 9.49 Å². The monoisotopic (exact) mass is 457 g/mol. The first kappa shape index (κ1) is 21.9. The highest BCUT2D eigenvalue weighted by molar-refractivity contribution is 5.95. The van der Waals surface area contributed by atoms with Gasteiger partial charge in [-0.3, -0.25) is 14.6 Å². The van der Waals surface area contributed by atoms with Crippen molar-refractivity contribution in [1.29, 1.82) is 0 Å². The molecule has 0 spiro atoms. The Bertz CT molecular complexity index is 1390. The predicted octanol–water partition coefficient (Wildman–Crippen LogP) is 3.05. The van der Waals surface area contributed by atoms with Crippen LogP contribution < -0.4 is 10.9 Å². The molecule has 0 radical (unpaired) electrons. The number of carbonyl (C=O) groups is 1. The first-order valence-electron chi connectivity index (χ1n) is 11.3. The van der Waals surface area contributed by atoms with E-state index in [2.05, 4.69) is 20.5 Å². The molecule has 2 N–H and O–H groups in total. The fourth-order valence-corrected chi connectivity index (χ4v) is 4.38. The van der Waals surface area contributed by atoms with Crippen LogP contribution in [-0.4, -0.2) is 45.1 Å². The van der Waals surface area contributed by atoms with Crippen molar-refractivity contribution < 1.29 is 9.18 Å². The molecule has 5 rings (SSSR count). The van der Waals surface area contributed by atoms with E-state index < -0.39 is 5.82 Å². The number of fused-ring (bicyclic) bond motifs is 1. The highest BCUT2D eigenvalue weighted by Crippen LogP contribution is 2.21. The highest BCUT2D eigenvalue weighted by atomic mass is 19.1. The lowest BCUT2D eigenvalue weighted by Gasteiger charge is -2.18. The Kier molecular flexibility index (Phi) is 6.14. The van der Waals surface area contributed by atoms with E-state index in [0.717, 1.165) is 23.1 Å². The molecule has 1 unspecified atom stereocenters. The lowest BCUT2D eigenvalue weighted by molar-refractivity contribution is 0.0784. The molecule has 7 nitrogen and oxygen atoms in total. The number of hydrogen-bond donors (Lipinski definition) is 2. The molecule has 172 valence electrons. The number of nitrogens with zero attached hydrogens (tertiary/aromatic N) is 3. The molecule has 0 bridgehead atoms. The van der Waals surface area contributed by atoms with E-state index in [4.69, 9.17) is 0 Å². The second-order valence-corrected chi connectivity index (χ2v) is 8.47. The minimum absolute atomic E-state index is 0.0524. The molecular formula is C26H24FN5O2.